The van der Waals surface area contributed by atoms with Gasteiger partial charge in [0, 0.05) is 18.6 Å². The van der Waals surface area contributed by atoms with Crippen LogP contribution in [-0.4, -0.2) is 14.8 Å². The number of aromatic nitrogens is 3. The number of hydrogen-bond acceptors (Lipinski definition) is 2. The van der Waals surface area contributed by atoms with Crippen LogP contribution in [0, 0.1) is 22.2 Å². The van der Waals surface area contributed by atoms with E-state index in [1.165, 1.54) is 4.57 Å². The highest BCUT2D eigenvalue weighted by Gasteiger charge is 2.14. The Balaban J connectivity index is 2.62. The molecule has 0 aliphatic rings. The van der Waals surface area contributed by atoms with Gasteiger partial charge in [-0.3, -0.25) is 9.67 Å². The van der Waals surface area contributed by atoms with Crippen molar-refractivity contribution in [2.45, 2.75) is 19.8 Å². The minimum atomic E-state index is -1.49. The van der Waals surface area contributed by atoms with Gasteiger partial charge in [0.25, 0.3) is 0 Å². The van der Waals surface area contributed by atoms with Crippen LogP contribution in [0.25, 0.3) is 5.69 Å². The zero-order valence-electron chi connectivity index (χ0n) is 9.51. The SMILES string of the molecule is CCCc1n[nH]c(=S)n1-c1cc(F)c(F)c(F)c1. The largest absolute Gasteiger partial charge is 0.272 e. The minimum absolute atomic E-state index is 0.119. The summed E-state index contributed by atoms with van der Waals surface area (Å²) in [6, 6.07) is 1.78. The van der Waals surface area contributed by atoms with E-state index in [0.717, 1.165) is 18.6 Å². The van der Waals surface area contributed by atoms with E-state index in [0.29, 0.717) is 12.2 Å². The molecule has 7 heteroatoms. The van der Waals surface area contributed by atoms with Crippen molar-refractivity contribution in [1.29, 1.82) is 0 Å². The van der Waals surface area contributed by atoms with E-state index >= 15 is 0 Å². The van der Waals surface area contributed by atoms with Crippen LogP contribution in [0.1, 0.15) is 19.2 Å². The number of halogens is 3. The lowest BCUT2D eigenvalue weighted by Gasteiger charge is -2.07. The Bertz CT molecular complexity index is 610. The van der Waals surface area contributed by atoms with E-state index in [2.05, 4.69) is 10.2 Å². The molecule has 0 fully saturated rings. The fraction of sp³-hybridized carbons (Fsp3) is 0.273. The first-order valence-electron chi connectivity index (χ1n) is 5.35. The predicted octanol–water partition coefficient (Wildman–Crippen LogP) is 3.30. The van der Waals surface area contributed by atoms with Gasteiger partial charge in [0.15, 0.2) is 22.2 Å². The fourth-order valence-electron chi connectivity index (χ4n) is 1.66. The summed E-state index contributed by atoms with van der Waals surface area (Å²) in [5, 5.41) is 6.52. The molecule has 0 saturated carbocycles. The van der Waals surface area contributed by atoms with Gasteiger partial charge in [-0.1, -0.05) is 6.92 Å². The summed E-state index contributed by atoms with van der Waals surface area (Å²) in [5.74, 6) is -3.45. The molecule has 96 valence electrons. The molecule has 0 atom stereocenters. The monoisotopic (exact) mass is 273 g/mol. The van der Waals surface area contributed by atoms with Crippen molar-refractivity contribution in [3.05, 3.63) is 40.2 Å². The van der Waals surface area contributed by atoms with Gasteiger partial charge in [0.05, 0.1) is 5.69 Å². The van der Waals surface area contributed by atoms with Crippen LogP contribution in [0.15, 0.2) is 12.1 Å². The molecule has 0 aliphatic carbocycles. The van der Waals surface area contributed by atoms with Crippen LogP contribution >= 0.6 is 12.2 Å². The molecule has 18 heavy (non-hydrogen) atoms. The van der Waals surface area contributed by atoms with E-state index in [4.69, 9.17) is 12.2 Å². The van der Waals surface area contributed by atoms with Crippen LogP contribution in [0.2, 0.25) is 0 Å². The predicted molar refractivity (Wildman–Crippen MR) is 62.6 cm³/mol. The molecule has 0 aliphatic heterocycles. The van der Waals surface area contributed by atoms with Gasteiger partial charge in [0.2, 0.25) is 0 Å². The molecule has 1 aromatic carbocycles. The molecule has 1 aromatic heterocycles. The van der Waals surface area contributed by atoms with E-state index in [1.54, 1.807) is 0 Å². The van der Waals surface area contributed by atoms with Gasteiger partial charge in [-0.25, -0.2) is 13.2 Å². The second-order valence-electron chi connectivity index (χ2n) is 3.75. The molecule has 0 bridgehead atoms. The van der Waals surface area contributed by atoms with Crippen molar-refractivity contribution in [2.75, 3.05) is 0 Å². The average Bonchev–Trinajstić information content (AvgIpc) is 2.67. The Hall–Kier alpha value is -1.63. The number of nitrogens with one attached hydrogen (secondary N) is 1. The molecule has 1 N–H and O–H groups in total. The fourth-order valence-corrected chi connectivity index (χ4v) is 1.91. The molecule has 3 nitrogen and oxygen atoms in total. The third-order valence-electron chi connectivity index (χ3n) is 2.44. The summed E-state index contributed by atoms with van der Waals surface area (Å²) in [4.78, 5) is 0. The zero-order valence-corrected chi connectivity index (χ0v) is 10.3. The topological polar surface area (TPSA) is 33.6 Å². The third-order valence-corrected chi connectivity index (χ3v) is 2.72. The number of H-pyrrole nitrogens is 1. The van der Waals surface area contributed by atoms with Crippen molar-refractivity contribution in [1.82, 2.24) is 14.8 Å². The highest BCUT2D eigenvalue weighted by Crippen LogP contribution is 2.18. The summed E-state index contributed by atoms with van der Waals surface area (Å²) in [7, 11) is 0. The lowest BCUT2D eigenvalue weighted by atomic mass is 10.2. The Labute approximate surface area is 106 Å². The molecule has 2 rings (SSSR count). The van der Waals surface area contributed by atoms with Crippen molar-refractivity contribution >= 4 is 12.2 Å². The van der Waals surface area contributed by atoms with Crippen LogP contribution in [-0.2, 0) is 6.42 Å². The van der Waals surface area contributed by atoms with Crippen LogP contribution in [0.5, 0.6) is 0 Å². The lowest BCUT2D eigenvalue weighted by Crippen LogP contribution is -2.04. The van der Waals surface area contributed by atoms with Crippen molar-refractivity contribution in [3.63, 3.8) is 0 Å². The number of benzene rings is 1. The second-order valence-corrected chi connectivity index (χ2v) is 4.14. The summed E-state index contributed by atoms with van der Waals surface area (Å²) < 4.78 is 40.9. The Morgan fingerprint density at radius 3 is 2.44 bits per heavy atom. The van der Waals surface area contributed by atoms with E-state index in [-0.39, 0.29) is 10.5 Å². The molecule has 2 aromatic rings. The van der Waals surface area contributed by atoms with E-state index in [1.807, 2.05) is 6.92 Å². The van der Waals surface area contributed by atoms with Crippen LogP contribution < -0.4 is 0 Å². The maximum absolute atomic E-state index is 13.2. The minimum Gasteiger partial charge on any atom is -0.272 e. The van der Waals surface area contributed by atoms with Gasteiger partial charge in [-0.2, -0.15) is 5.10 Å². The van der Waals surface area contributed by atoms with Gasteiger partial charge in [-0.15, -0.1) is 0 Å². The molecular weight excluding hydrogens is 263 g/mol. The first-order valence-corrected chi connectivity index (χ1v) is 5.76. The van der Waals surface area contributed by atoms with Gasteiger partial charge in [0.1, 0.15) is 5.82 Å². The summed E-state index contributed by atoms with van der Waals surface area (Å²) in [6.07, 6.45) is 1.39. The molecular formula is C11H10F3N3S. The number of rotatable bonds is 3. The average molecular weight is 273 g/mol. The zero-order chi connectivity index (χ0) is 13.3. The first-order chi connectivity index (χ1) is 8.54. The summed E-state index contributed by atoms with van der Waals surface area (Å²) >= 11 is 4.99. The number of aryl methyl sites for hydroxylation is 1. The van der Waals surface area contributed by atoms with E-state index in [9.17, 15) is 13.2 Å². The Morgan fingerprint density at radius 1 is 1.28 bits per heavy atom. The molecule has 0 radical (unpaired) electrons. The summed E-state index contributed by atoms with van der Waals surface area (Å²) in [6.45, 7) is 1.94. The summed E-state index contributed by atoms with van der Waals surface area (Å²) in [5.41, 5.74) is 0.119. The third kappa shape index (κ3) is 2.17. The quantitative estimate of drug-likeness (QED) is 0.687. The first kappa shape index (κ1) is 12.8. The number of hydrogen-bond donors (Lipinski definition) is 1. The van der Waals surface area contributed by atoms with Gasteiger partial charge < -0.3 is 0 Å². The smallest absolute Gasteiger partial charge is 0.199 e. The standard InChI is InChI=1S/C11H10F3N3S/c1-2-3-9-15-16-11(18)17(9)6-4-7(12)10(14)8(13)5-6/h4-5H,2-3H2,1H3,(H,16,18). The highest BCUT2D eigenvalue weighted by molar-refractivity contribution is 7.71. The molecule has 0 unspecified atom stereocenters. The van der Waals surface area contributed by atoms with Crippen molar-refractivity contribution in [3.8, 4) is 5.69 Å². The highest BCUT2D eigenvalue weighted by atomic mass is 32.1. The van der Waals surface area contributed by atoms with Gasteiger partial charge >= 0.3 is 0 Å². The lowest BCUT2D eigenvalue weighted by molar-refractivity contribution is 0.446. The molecule has 0 saturated heterocycles. The van der Waals surface area contributed by atoms with E-state index < -0.39 is 17.5 Å². The van der Waals surface area contributed by atoms with Gasteiger partial charge in [-0.05, 0) is 18.6 Å². The van der Waals surface area contributed by atoms with Crippen LogP contribution in [0.4, 0.5) is 13.2 Å². The number of aromatic amines is 1. The molecule has 1 heterocycles. The maximum atomic E-state index is 13.2. The Kier molecular flexibility index (Phi) is 3.51. The molecule has 0 spiro atoms. The second kappa shape index (κ2) is 4.93. The Morgan fingerprint density at radius 2 is 1.89 bits per heavy atom. The maximum Gasteiger partial charge on any atom is 0.199 e. The number of nitrogens with zero attached hydrogens (tertiary/aromatic N) is 2. The van der Waals surface area contributed by atoms with Crippen molar-refractivity contribution in [2.24, 2.45) is 0 Å². The van der Waals surface area contributed by atoms with Crippen molar-refractivity contribution < 1.29 is 13.2 Å². The molecule has 0 amide bonds. The normalized spacial score (nSPS) is 10.9. The van der Waals surface area contributed by atoms with Crippen LogP contribution in [0.3, 0.4) is 0 Å².